The molecule has 0 saturated carbocycles. The molecule has 1 heterocycles. The van der Waals surface area contributed by atoms with Gasteiger partial charge in [-0.1, -0.05) is 6.92 Å². The third-order valence-corrected chi connectivity index (χ3v) is 3.06. The maximum absolute atomic E-state index is 10.6. The lowest BCUT2D eigenvalue weighted by Crippen LogP contribution is -1.89. The summed E-state index contributed by atoms with van der Waals surface area (Å²) in [5.41, 5.74) is 4.52. The molecule has 0 aliphatic rings. The third kappa shape index (κ3) is 3.35. The quantitative estimate of drug-likeness (QED) is 0.514. The number of nitro benzene ring substituents is 1. The smallest absolute Gasteiger partial charge is 0.258 e. The van der Waals surface area contributed by atoms with Crippen LogP contribution in [0.1, 0.15) is 13.3 Å². The van der Waals surface area contributed by atoms with Crippen molar-refractivity contribution in [3.63, 3.8) is 0 Å². The summed E-state index contributed by atoms with van der Waals surface area (Å²) in [6, 6.07) is 6.31. The molecule has 19 heavy (non-hydrogen) atoms. The second-order valence-corrected chi connectivity index (χ2v) is 4.53. The monoisotopic (exact) mass is 276 g/mol. The predicted molar refractivity (Wildman–Crippen MR) is 76.6 cm³/mol. The number of nitrogens with one attached hydrogen (secondary N) is 1. The van der Waals surface area contributed by atoms with Gasteiger partial charge in [-0.05, 0) is 18.6 Å². The fourth-order valence-corrected chi connectivity index (χ4v) is 2.07. The molecule has 0 bridgehead atoms. The Morgan fingerprint density at radius 2 is 2.21 bits per heavy atom. The van der Waals surface area contributed by atoms with E-state index >= 15 is 0 Å². The fraction of sp³-hybridized carbons (Fsp3) is 0.167. The van der Waals surface area contributed by atoms with Crippen molar-refractivity contribution < 1.29 is 4.92 Å². The minimum atomic E-state index is -0.419. The van der Waals surface area contributed by atoms with Gasteiger partial charge in [-0.2, -0.15) is 5.10 Å². The Morgan fingerprint density at radius 1 is 1.47 bits per heavy atom. The highest BCUT2D eigenvalue weighted by molar-refractivity contribution is 7.14. The molecule has 0 amide bonds. The van der Waals surface area contributed by atoms with Crippen LogP contribution in [0.2, 0.25) is 0 Å². The first-order chi connectivity index (χ1) is 9.20. The highest BCUT2D eigenvalue weighted by atomic mass is 32.1. The standard InChI is InChI=1S/C12H12N4O2S/c1-2-7-13-15-12-14-11(8-19-12)9-3-5-10(6-4-9)16(17)18/h3-8H,2H2,1H3,(H,14,15)/b13-7-. The Bertz CT molecular complexity index is 592. The van der Waals surface area contributed by atoms with Gasteiger partial charge in [0.25, 0.3) is 5.69 Å². The van der Waals surface area contributed by atoms with Crippen molar-refractivity contribution in [2.45, 2.75) is 13.3 Å². The van der Waals surface area contributed by atoms with Gasteiger partial charge in [0.1, 0.15) is 0 Å². The lowest BCUT2D eigenvalue weighted by atomic mass is 10.1. The van der Waals surface area contributed by atoms with Gasteiger partial charge in [-0.3, -0.25) is 15.5 Å². The number of thiazole rings is 1. The highest BCUT2D eigenvalue weighted by Gasteiger charge is 2.07. The van der Waals surface area contributed by atoms with Crippen molar-refractivity contribution in [2.24, 2.45) is 5.10 Å². The van der Waals surface area contributed by atoms with Crippen LogP contribution in [0.5, 0.6) is 0 Å². The third-order valence-electron chi connectivity index (χ3n) is 2.31. The van der Waals surface area contributed by atoms with Crippen molar-refractivity contribution in [1.82, 2.24) is 4.98 Å². The Labute approximate surface area is 114 Å². The predicted octanol–water partition coefficient (Wildman–Crippen LogP) is 3.53. The molecule has 1 aromatic carbocycles. The molecular weight excluding hydrogens is 264 g/mol. The average Bonchev–Trinajstić information content (AvgIpc) is 2.88. The summed E-state index contributed by atoms with van der Waals surface area (Å²) < 4.78 is 0. The summed E-state index contributed by atoms with van der Waals surface area (Å²) in [7, 11) is 0. The highest BCUT2D eigenvalue weighted by Crippen LogP contribution is 2.26. The lowest BCUT2D eigenvalue weighted by molar-refractivity contribution is -0.384. The Hall–Kier alpha value is -2.28. The lowest BCUT2D eigenvalue weighted by Gasteiger charge is -1.96. The van der Waals surface area contributed by atoms with Crippen LogP contribution in [-0.2, 0) is 0 Å². The van der Waals surface area contributed by atoms with Crippen LogP contribution >= 0.6 is 11.3 Å². The largest absolute Gasteiger partial charge is 0.269 e. The molecule has 0 aliphatic heterocycles. The van der Waals surface area contributed by atoms with E-state index in [4.69, 9.17) is 0 Å². The number of hydrogen-bond donors (Lipinski definition) is 1. The fourth-order valence-electron chi connectivity index (χ4n) is 1.40. The minimum Gasteiger partial charge on any atom is -0.258 e. The summed E-state index contributed by atoms with van der Waals surface area (Å²) in [5.74, 6) is 0. The second-order valence-electron chi connectivity index (χ2n) is 3.67. The van der Waals surface area contributed by atoms with E-state index in [9.17, 15) is 10.1 Å². The van der Waals surface area contributed by atoms with Crippen molar-refractivity contribution in [1.29, 1.82) is 0 Å². The zero-order valence-electron chi connectivity index (χ0n) is 10.2. The summed E-state index contributed by atoms with van der Waals surface area (Å²) in [6.07, 6.45) is 2.61. The van der Waals surface area contributed by atoms with Crippen molar-refractivity contribution >= 4 is 28.4 Å². The zero-order valence-corrected chi connectivity index (χ0v) is 11.1. The number of rotatable bonds is 5. The molecule has 2 aromatic rings. The van der Waals surface area contributed by atoms with Crippen LogP contribution in [0.4, 0.5) is 10.8 Å². The minimum absolute atomic E-state index is 0.0740. The summed E-state index contributed by atoms with van der Waals surface area (Å²) >= 11 is 1.44. The molecule has 0 radical (unpaired) electrons. The molecule has 0 unspecified atom stereocenters. The Morgan fingerprint density at radius 3 is 2.84 bits per heavy atom. The normalized spacial score (nSPS) is 10.8. The van der Waals surface area contributed by atoms with Crippen LogP contribution in [0.25, 0.3) is 11.3 Å². The second kappa shape index (κ2) is 6.05. The maximum atomic E-state index is 10.6. The average molecular weight is 276 g/mol. The molecule has 98 valence electrons. The topological polar surface area (TPSA) is 80.4 Å². The first-order valence-corrected chi connectivity index (χ1v) is 6.56. The first kappa shape index (κ1) is 13.2. The van der Waals surface area contributed by atoms with E-state index in [1.807, 2.05) is 12.3 Å². The van der Waals surface area contributed by atoms with E-state index in [0.717, 1.165) is 17.7 Å². The van der Waals surface area contributed by atoms with Crippen LogP contribution in [0, 0.1) is 10.1 Å². The number of hydrogen-bond acceptors (Lipinski definition) is 6. The van der Waals surface area contributed by atoms with E-state index in [2.05, 4.69) is 15.5 Å². The van der Waals surface area contributed by atoms with Crippen molar-refractivity contribution in [3.05, 3.63) is 39.8 Å². The maximum Gasteiger partial charge on any atom is 0.269 e. The molecule has 0 aliphatic carbocycles. The van der Waals surface area contributed by atoms with Gasteiger partial charge in [-0.15, -0.1) is 11.3 Å². The van der Waals surface area contributed by atoms with Gasteiger partial charge < -0.3 is 0 Å². The number of non-ortho nitro benzene ring substituents is 1. The molecule has 0 saturated heterocycles. The van der Waals surface area contributed by atoms with Crippen LogP contribution in [0.3, 0.4) is 0 Å². The molecule has 0 atom stereocenters. The molecule has 6 nitrogen and oxygen atoms in total. The van der Waals surface area contributed by atoms with E-state index < -0.39 is 4.92 Å². The van der Waals surface area contributed by atoms with Crippen LogP contribution in [0.15, 0.2) is 34.7 Å². The molecule has 1 N–H and O–H groups in total. The van der Waals surface area contributed by atoms with E-state index in [1.165, 1.54) is 23.5 Å². The van der Waals surface area contributed by atoms with Gasteiger partial charge in [0, 0.05) is 29.3 Å². The zero-order chi connectivity index (χ0) is 13.7. The SMILES string of the molecule is CC/C=N\Nc1nc(-c2ccc([N+](=O)[O-])cc2)cs1. The summed E-state index contributed by atoms with van der Waals surface area (Å²) in [6.45, 7) is 2.00. The number of aromatic nitrogens is 1. The van der Waals surface area contributed by atoms with Gasteiger partial charge in [0.15, 0.2) is 0 Å². The first-order valence-electron chi connectivity index (χ1n) is 5.68. The van der Waals surface area contributed by atoms with Gasteiger partial charge in [0.2, 0.25) is 5.13 Å². The number of anilines is 1. The summed E-state index contributed by atoms with van der Waals surface area (Å²) in [5, 5.41) is 17.1. The Kier molecular flexibility index (Phi) is 4.19. The van der Waals surface area contributed by atoms with E-state index in [0.29, 0.717) is 5.13 Å². The van der Waals surface area contributed by atoms with Gasteiger partial charge in [0.05, 0.1) is 10.6 Å². The van der Waals surface area contributed by atoms with Gasteiger partial charge in [-0.25, -0.2) is 4.98 Å². The molecule has 1 aromatic heterocycles. The number of nitro groups is 1. The molecule has 0 fully saturated rings. The Balaban J connectivity index is 2.13. The molecular formula is C12H12N4O2S. The van der Waals surface area contributed by atoms with Gasteiger partial charge >= 0.3 is 0 Å². The van der Waals surface area contributed by atoms with Crippen molar-refractivity contribution in [3.8, 4) is 11.3 Å². The molecule has 0 spiro atoms. The number of hydrazone groups is 1. The molecule has 7 heteroatoms. The molecule has 2 rings (SSSR count). The van der Waals surface area contributed by atoms with Crippen LogP contribution < -0.4 is 5.43 Å². The number of nitrogens with zero attached hydrogens (tertiary/aromatic N) is 3. The summed E-state index contributed by atoms with van der Waals surface area (Å²) in [4.78, 5) is 14.5. The van der Waals surface area contributed by atoms with Crippen molar-refractivity contribution in [2.75, 3.05) is 5.43 Å². The van der Waals surface area contributed by atoms with E-state index in [1.54, 1.807) is 18.3 Å². The van der Waals surface area contributed by atoms with Crippen LogP contribution in [-0.4, -0.2) is 16.1 Å². The number of benzene rings is 1. The van der Waals surface area contributed by atoms with E-state index in [-0.39, 0.29) is 5.69 Å².